The number of nitrogens with zero attached hydrogens (tertiary/aromatic N) is 3. The van der Waals surface area contributed by atoms with E-state index in [1.54, 1.807) is 0 Å². The van der Waals surface area contributed by atoms with Crippen LogP contribution in [0.25, 0.3) is 21.8 Å². The van der Waals surface area contributed by atoms with Crippen LogP contribution in [0.1, 0.15) is 32.8 Å². The molecule has 1 saturated heterocycles. The molecule has 0 bridgehead atoms. The fourth-order valence-corrected chi connectivity index (χ4v) is 4.43. The number of hydrogen-bond acceptors (Lipinski definition) is 2. The molecule has 148 valence electrons. The molecule has 1 aromatic heterocycles. The van der Waals surface area contributed by atoms with Crippen LogP contribution in [0.4, 0.5) is 0 Å². The highest BCUT2D eigenvalue weighted by molar-refractivity contribution is 6.08. The third-order valence-corrected chi connectivity index (χ3v) is 5.87. The summed E-state index contributed by atoms with van der Waals surface area (Å²) < 4.78 is 2.40. The Morgan fingerprint density at radius 2 is 1.68 bits per heavy atom. The molecule has 2 aromatic carbocycles. The minimum absolute atomic E-state index is 0.309. The van der Waals surface area contributed by atoms with Gasteiger partial charge in [0.2, 0.25) is 5.91 Å². The molecule has 0 atom stereocenters. The molecule has 0 aliphatic carbocycles. The first kappa shape index (κ1) is 19.0. The standard InChI is InChI=1S/C24H31N3O/c1-4-27-22-8-6-5-7-20(22)21-16-19(9-10-23(21)27)17-25-11-13-26(14-12-25)24(28)15-18(2)3/h5-10,16,18H,4,11-15,17H2,1-3H3. The zero-order valence-corrected chi connectivity index (χ0v) is 17.3. The van der Waals surface area contributed by atoms with Gasteiger partial charge in [-0.25, -0.2) is 0 Å². The molecular formula is C24H31N3O. The Labute approximate surface area is 167 Å². The van der Waals surface area contributed by atoms with Crippen LogP contribution in [0.3, 0.4) is 0 Å². The number of benzene rings is 2. The average molecular weight is 378 g/mol. The van der Waals surface area contributed by atoms with Crippen molar-refractivity contribution in [3.8, 4) is 0 Å². The van der Waals surface area contributed by atoms with E-state index in [0.717, 1.165) is 39.3 Å². The van der Waals surface area contributed by atoms with Crippen LogP contribution in [0.2, 0.25) is 0 Å². The summed E-state index contributed by atoms with van der Waals surface area (Å²) in [5, 5.41) is 2.69. The minimum atomic E-state index is 0.309. The fourth-order valence-electron chi connectivity index (χ4n) is 4.43. The zero-order chi connectivity index (χ0) is 19.7. The number of carbonyl (C=O) groups is 1. The van der Waals surface area contributed by atoms with Crippen molar-refractivity contribution >= 4 is 27.7 Å². The maximum Gasteiger partial charge on any atom is 0.222 e. The Hall–Kier alpha value is -2.33. The Kier molecular flexibility index (Phi) is 5.40. The van der Waals surface area contributed by atoms with Gasteiger partial charge in [0.25, 0.3) is 0 Å². The van der Waals surface area contributed by atoms with Crippen molar-refractivity contribution in [3.63, 3.8) is 0 Å². The molecule has 4 nitrogen and oxygen atoms in total. The van der Waals surface area contributed by atoms with Crippen LogP contribution in [0.15, 0.2) is 42.5 Å². The lowest BCUT2D eigenvalue weighted by atomic mass is 10.1. The predicted molar refractivity (Wildman–Crippen MR) is 116 cm³/mol. The molecule has 1 aliphatic heterocycles. The molecule has 0 unspecified atom stereocenters. The van der Waals surface area contributed by atoms with E-state index in [4.69, 9.17) is 0 Å². The average Bonchev–Trinajstić information content (AvgIpc) is 3.01. The first-order valence-electron chi connectivity index (χ1n) is 10.6. The van der Waals surface area contributed by atoms with Crippen molar-refractivity contribution in [3.05, 3.63) is 48.0 Å². The van der Waals surface area contributed by atoms with E-state index in [9.17, 15) is 4.79 Å². The summed E-state index contributed by atoms with van der Waals surface area (Å²) in [4.78, 5) is 16.8. The van der Waals surface area contributed by atoms with Crippen molar-refractivity contribution < 1.29 is 4.79 Å². The maximum atomic E-state index is 12.3. The maximum absolute atomic E-state index is 12.3. The second-order valence-electron chi connectivity index (χ2n) is 8.37. The summed E-state index contributed by atoms with van der Waals surface area (Å²) in [6, 6.07) is 15.6. The van der Waals surface area contributed by atoms with Crippen LogP contribution >= 0.6 is 0 Å². The third kappa shape index (κ3) is 3.66. The molecule has 0 saturated carbocycles. The van der Waals surface area contributed by atoms with Crippen molar-refractivity contribution in [2.75, 3.05) is 26.2 Å². The van der Waals surface area contributed by atoms with E-state index < -0.39 is 0 Å². The van der Waals surface area contributed by atoms with Gasteiger partial charge in [0.1, 0.15) is 0 Å². The molecule has 1 fully saturated rings. The molecule has 28 heavy (non-hydrogen) atoms. The third-order valence-electron chi connectivity index (χ3n) is 5.87. The van der Waals surface area contributed by atoms with Gasteiger partial charge < -0.3 is 9.47 Å². The van der Waals surface area contributed by atoms with Crippen LogP contribution in [-0.2, 0) is 17.9 Å². The van der Waals surface area contributed by atoms with E-state index in [1.165, 1.54) is 27.4 Å². The normalized spacial score (nSPS) is 15.8. The summed E-state index contributed by atoms with van der Waals surface area (Å²) in [7, 11) is 0. The number of aryl methyl sites for hydroxylation is 1. The molecule has 0 spiro atoms. The number of carbonyl (C=O) groups excluding carboxylic acids is 1. The highest BCUT2D eigenvalue weighted by Gasteiger charge is 2.21. The molecule has 1 aliphatic rings. The van der Waals surface area contributed by atoms with Crippen LogP contribution in [0.5, 0.6) is 0 Å². The Balaban J connectivity index is 1.49. The quantitative estimate of drug-likeness (QED) is 0.655. The summed E-state index contributed by atoms with van der Waals surface area (Å²) in [6.07, 6.45) is 0.665. The minimum Gasteiger partial charge on any atom is -0.341 e. The lowest BCUT2D eigenvalue weighted by molar-refractivity contribution is -0.133. The van der Waals surface area contributed by atoms with Crippen LogP contribution < -0.4 is 0 Å². The molecule has 2 heterocycles. The number of amides is 1. The molecule has 4 heteroatoms. The number of hydrogen-bond donors (Lipinski definition) is 0. The van der Waals surface area contributed by atoms with E-state index in [0.29, 0.717) is 18.2 Å². The Morgan fingerprint density at radius 1 is 0.964 bits per heavy atom. The smallest absolute Gasteiger partial charge is 0.222 e. The fraction of sp³-hybridized carbons (Fsp3) is 0.458. The second kappa shape index (κ2) is 7.96. The molecule has 0 N–H and O–H groups in total. The molecular weight excluding hydrogens is 346 g/mol. The first-order chi connectivity index (χ1) is 13.6. The van der Waals surface area contributed by atoms with Gasteiger partial charge in [-0.1, -0.05) is 38.1 Å². The second-order valence-corrected chi connectivity index (χ2v) is 8.37. The monoisotopic (exact) mass is 377 g/mol. The van der Waals surface area contributed by atoms with Gasteiger partial charge in [0.15, 0.2) is 0 Å². The van der Waals surface area contributed by atoms with E-state index >= 15 is 0 Å². The zero-order valence-electron chi connectivity index (χ0n) is 17.3. The van der Waals surface area contributed by atoms with Crippen molar-refractivity contribution in [1.82, 2.24) is 14.4 Å². The van der Waals surface area contributed by atoms with Crippen molar-refractivity contribution in [1.29, 1.82) is 0 Å². The van der Waals surface area contributed by atoms with Crippen LogP contribution in [-0.4, -0.2) is 46.5 Å². The van der Waals surface area contributed by atoms with Gasteiger partial charge >= 0.3 is 0 Å². The van der Waals surface area contributed by atoms with Gasteiger partial charge in [-0.05, 0) is 36.6 Å². The van der Waals surface area contributed by atoms with Crippen molar-refractivity contribution in [2.45, 2.75) is 40.3 Å². The highest BCUT2D eigenvalue weighted by atomic mass is 16.2. The van der Waals surface area contributed by atoms with Gasteiger partial charge in [0.05, 0.1) is 0 Å². The SMILES string of the molecule is CCn1c2ccccc2c2cc(CN3CCN(C(=O)CC(C)C)CC3)ccc21. The predicted octanol–water partition coefficient (Wildman–Crippen LogP) is 4.50. The number of rotatable bonds is 5. The molecule has 4 rings (SSSR count). The molecule has 0 radical (unpaired) electrons. The van der Waals surface area contributed by atoms with E-state index in [2.05, 4.69) is 72.7 Å². The van der Waals surface area contributed by atoms with Gasteiger partial charge in [-0.3, -0.25) is 9.69 Å². The lowest BCUT2D eigenvalue weighted by Gasteiger charge is -2.35. The summed E-state index contributed by atoms with van der Waals surface area (Å²) >= 11 is 0. The van der Waals surface area contributed by atoms with E-state index in [1.807, 2.05) is 4.90 Å². The molecule has 3 aromatic rings. The van der Waals surface area contributed by atoms with Gasteiger partial charge in [0, 0.05) is 67.5 Å². The first-order valence-corrected chi connectivity index (χ1v) is 10.6. The van der Waals surface area contributed by atoms with Gasteiger partial charge in [-0.15, -0.1) is 0 Å². The van der Waals surface area contributed by atoms with Crippen LogP contribution in [0, 0.1) is 5.92 Å². The number of aromatic nitrogens is 1. The Morgan fingerprint density at radius 3 is 2.39 bits per heavy atom. The lowest BCUT2D eigenvalue weighted by Crippen LogP contribution is -2.48. The van der Waals surface area contributed by atoms with Crippen molar-refractivity contribution in [2.24, 2.45) is 5.92 Å². The number of piperazine rings is 1. The summed E-state index contributed by atoms with van der Waals surface area (Å²) in [6.45, 7) is 12.0. The topological polar surface area (TPSA) is 28.5 Å². The molecule has 1 amide bonds. The Bertz CT molecular complexity index is 980. The largest absolute Gasteiger partial charge is 0.341 e. The van der Waals surface area contributed by atoms with Gasteiger partial charge in [-0.2, -0.15) is 0 Å². The highest BCUT2D eigenvalue weighted by Crippen LogP contribution is 2.30. The summed E-state index contributed by atoms with van der Waals surface area (Å²) in [5.41, 5.74) is 3.99. The summed E-state index contributed by atoms with van der Waals surface area (Å²) in [5.74, 6) is 0.742. The number of para-hydroxylation sites is 1. The van der Waals surface area contributed by atoms with E-state index in [-0.39, 0.29) is 0 Å². The number of fused-ring (bicyclic) bond motifs is 3.